The highest BCUT2D eigenvalue weighted by Gasteiger charge is 2.68. The Morgan fingerprint density at radius 3 is 1.95 bits per heavy atom. The minimum absolute atomic E-state index is 0.122. The van der Waals surface area contributed by atoms with Gasteiger partial charge in [-0.25, -0.2) is 0 Å². The Morgan fingerprint density at radius 1 is 0.540 bits per heavy atom. The fourth-order valence-electron chi connectivity index (χ4n) is 10.2. The molecule has 7 aromatic carbocycles. The van der Waals surface area contributed by atoms with Gasteiger partial charge >= 0.3 is 11.7 Å². The Morgan fingerprint density at radius 2 is 1.21 bits per heavy atom. The molecule has 63 heavy (non-hydrogen) atoms. The number of imidazole rings is 1. The second kappa shape index (κ2) is 13.0. The van der Waals surface area contributed by atoms with E-state index in [1.165, 1.54) is 11.1 Å². The topological polar surface area (TPSA) is 21.9 Å². The zero-order valence-corrected chi connectivity index (χ0v) is 36.3. The molecule has 0 saturated carbocycles. The summed E-state index contributed by atoms with van der Waals surface area (Å²) in [5.41, 5.74) is 16.6. The molecule has 1 atom stereocenters. The smallest absolute Gasteiger partial charge is 0.392 e. The molecule has 4 heteroatoms. The van der Waals surface area contributed by atoms with E-state index in [4.69, 9.17) is 8.85 Å². The first-order valence-electron chi connectivity index (χ1n) is 24.8. The molecule has 0 N–H and O–H groups in total. The van der Waals surface area contributed by atoms with Gasteiger partial charge in [0.05, 0.1) is 5.56 Å². The summed E-state index contributed by atoms with van der Waals surface area (Å²) in [4.78, 5) is 0. The summed E-state index contributed by atoms with van der Waals surface area (Å²) in [6.07, 6.45) is 2.08. The molecule has 2 aromatic heterocycles. The van der Waals surface area contributed by atoms with Crippen molar-refractivity contribution < 1.29 is 22.1 Å². The number of aromatic nitrogens is 3. The van der Waals surface area contributed by atoms with E-state index in [9.17, 15) is 4.11 Å². The maximum atomic E-state index is 9.23. The van der Waals surface area contributed by atoms with Crippen molar-refractivity contribution in [1.82, 2.24) is 4.57 Å². The van der Waals surface area contributed by atoms with Gasteiger partial charge in [0.2, 0.25) is 5.69 Å². The van der Waals surface area contributed by atoms with Crippen molar-refractivity contribution >= 4 is 11.0 Å². The Kier molecular flexibility index (Phi) is 6.55. The van der Waals surface area contributed by atoms with E-state index in [-0.39, 0.29) is 16.4 Å². The van der Waals surface area contributed by atoms with Crippen LogP contribution in [-0.2, 0) is 16.7 Å². The van der Waals surface area contributed by atoms with Gasteiger partial charge in [-0.15, -0.1) is 9.13 Å². The van der Waals surface area contributed by atoms with Crippen molar-refractivity contribution in [2.45, 2.75) is 71.9 Å². The molecule has 0 radical (unpaired) electrons. The molecule has 4 nitrogen and oxygen atoms in total. The highest BCUT2D eigenvalue weighted by molar-refractivity contribution is 5.99. The Labute approximate surface area is 378 Å². The van der Waals surface area contributed by atoms with Crippen LogP contribution < -0.4 is 13.9 Å². The van der Waals surface area contributed by atoms with Crippen molar-refractivity contribution in [2.24, 2.45) is 0 Å². The maximum absolute atomic E-state index is 9.23. The van der Waals surface area contributed by atoms with Crippen LogP contribution in [0.4, 0.5) is 0 Å². The second-order valence-electron chi connectivity index (χ2n) is 19.5. The van der Waals surface area contributed by atoms with E-state index in [1.807, 2.05) is 48.5 Å². The first-order chi connectivity index (χ1) is 32.7. The molecule has 3 aliphatic heterocycles. The SMILES string of the molecule is [2H]C([2H])([2H])c1ccc(-c2cc[n+]3c(c2)-c2cc(-c4ccccc4)cc4c2C32Oc3ccccc3-c3n(-c5ccc(-c6cc(C(C)(C)C)cc(C(C)(C)C)c6)cc5C([2H])([2H])[2H])c5cccc-4c5[n+]32)cc1. The molecule has 12 rings (SSSR count). The molecule has 0 saturated heterocycles. The van der Waals surface area contributed by atoms with Crippen molar-refractivity contribution in [3.05, 3.63) is 192 Å². The predicted molar refractivity (Wildman–Crippen MR) is 256 cm³/mol. The van der Waals surface area contributed by atoms with Gasteiger partial charge in [-0.1, -0.05) is 144 Å². The monoisotopic (exact) mass is 823 g/mol. The summed E-state index contributed by atoms with van der Waals surface area (Å²) in [7, 11) is 0. The molecular weight excluding hydrogens is 767 g/mol. The zero-order chi connectivity index (χ0) is 48.2. The average molecular weight is 824 g/mol. The van der Waals surface area contributed by atoms with Gasteiger partial charge in [0.15, 0.2) is 17.2 Å². The molecule has 1 spiro atoms. The zero-order valence-electron chi connectivity index (χ0n) is 42.3. The third-order valence-corrected chi connectivity index (χ3v) is 13.5. The standard InChI is InChI=1S/C59H51N3O/c1-36-21-23-39(24-22-36)41-27-28-60-52(34-41)49-33-43(38-15-10-9-11-16-38)32-48-46-18-14-19-51-55(46)62-56(47-17-12-13-20-53(47)63-59(60,62)54(48)49)61(51)50-26-25-40(29-37(50)2)42-30-44(57(3,4)5)35-45(31-42)58(6,7)8/h9-35H,1-8H3/q+2/i1D3,2D3. The number of pyridine rings is 1. The average Bonchev–Trinajstić information content (AvgIpc) is 3.81. The van der Waals surface area contributed by atoms with Crippen LogP contribution >= 0.6 is 0 Å². The largest absolute Gasteiger partial charge is 0.499 e. The van der Waals surface area contributed by atoms with Gasteiger partial charge in [0.1, 0.15) is 22.6 Å². The first kappa shape index (κ1) is 31.8. The molecule has 5 heterocycles. The summed E-state index contributed by atoms with van der Waals surface area (Å²) in [6.45, 7) is 8.61. The highest BCUT2D eigenvalue weighted by Crippen LogP contribution is 2.54. The third-order valence-electron chi connectivity index (χ3n) is 13.5. The first-order valence-corrected chi connectivity index (χ1v) is 21.8. The van der Waals surface area contributed by atoms with Gasteiger partial charge in [0.25, 0.3) is 0 Å². The van der Waals surface area contributed by atoms with E-state index < -0.39 is 19.6 Å². The molecule has 1 unspecified atom stereocenters. The van der Waals surface area contributed by atoms with Crippen LogP contribution in [0.1, 0.15) is 77.6 Å². The van der Waals surface area contributed by atoms with Crippen LogP contribution in [0.25, 0.3) is 83.9 Å². The van der Waals surface area contributed by atoms with E-state index in [0.717, 1.165) is 83.7 Å². The van der Waals surface area contributed by atoms with Gasteiger partial charge in [-0.3, -0.25) is 0 Å². The lowest BCUT2D eigenvalue weighted by Gasteiger charge is -2.32. The number of ether oxygens (including phenoxy) is 1. The van der Waals surface area contributed by atoms with Crippen LogP contribution in [0.15, 0.2) is 164 Å². The molecule has 0 fully saturated rings. The molecule has 9 aromatic rings. The lowest BCUT2D eigenvalue weighted by atomic mass is 9.79. The predicted octanol–water partition coefficient (Wildman–Crippen LogP) is 13.6. The Hall–Kier alpha value is -7.04. The molecular formula is C59H51N3O+2. The fraction of sp³-hybridized carbons (Fsp3) is 0.186. The van der Waals surface area contributed by atoms with E-state index in [2.05, 4.69) is 159 Å². The molecule has 3 aliphatic rings. The fourth-order valence-corrected chi connectivity index (χ4v) is 10.2. The summed E-state index contributed by atoms with van der Waals surface area (Å²) in [6, 6.07) is 53.4. The summed E-state index contributed by atoms with van der Waals surface area (Å²) in [5.74, 6) is 0.201. The number of aryl methyl sites for hydroxylation is 2. The van der Waals surface area contributed by atoms with E-state index in [1.54, 1.807) is 12.1 Å². The lowest BCUT2D eigenvalue weighted by Crippen LogP contribution is -2.78. The van der Waals surface area contributed by atoms with Crippen molar-refractivity contribution in [1.29, 1.82) is 0 Å². The van der Waals surface area contributed by atoms with Gasteiger partial charge in [0, 0.05) is 31.5 Å². The summed E-state index contributed by atoms with van der Waals surface area (Å²) in [5, 5.41) is 0. The van der Waals surface area contributed by atoms with Crippen LogP contribution in [0.2, 0.25) is 0 Å². The lowest BCUT2D eigenvalue weighted by molar-refractivity contribution is -0.997. The van der Waals surface area contributed by atoms with Gasteiger partial charge < -0.3 is 4.74 Å². The van der Waals surface area contributed by atoms with Crippen LogP contribution in [0.3, 0.4) is 0 Å². The quantitative estimate of drug-likeness (QED) is 0.162. The second-order valence-corrected chi connectivity index (χ2v) is 19.5. The number of para-hydroxylation sites is 2. The maximum Gasteiger partial charge on any atom is 0.499 e. The van der Waals surface area contributed by atoms with Gasteiger partial charge in [-0.2, -0.15) is 4.57 Å². The normalized spacial score (nSPS) is 17.3. The Bertz CT molecular complexity index is 3600. The number of hydrogen-bond donors (Lipinski definition) is 0. The van der Waals surface area contributed by atoms with Crippen LogP contribution in [0, 0.1) is 13.7 Å². The Balaban J connectivity index is 1.17. The molecule has 0 bridgehead atoms. The van der Waals surface area contributed by atoms with Crippen molar-refractivity contribution in [2.75, 3.05) is 0 Å². The minimum Gasteiger partial charge on any atom is -0.392 e. The number of fused-ring (bicyclic) bond motifs is 5. The van der Waals surface area contributed by atoms with Crippen molar-refractivity contribution in [3.8, 4) is 78.6 Å². The van der Waals surface area contributed by atoms with E-state index in [0.29, 0.717) is 17.0 Å². The van der Waals surface area contributed by atoms with Gasteiger partial charge in [-0.05, 0) is 123 Å². The third kappa shape index (κ3) is 5.40. The van der Waals surface area contributed by atoms with E-state index >= 15 is 0 Å². The highest BCUT2D eigenvalue weighted by atomic mass is 16.5. The summed E-state index contributed by atoms with van der Waals surface area (Å²) < 4.78 is 65.9. The number of nitrogens with zero attached hydrogens (tertiary/aromatic N) is 3. The summed E-state index contributed by atoms with van der Waals surface area (Å²) >= 11 is 0. The molecule has 306 valence electrons. The number of hydrogen-bond acceptors (Lipinski definition) is 1. The number of rotatable bonds is 4. The number of benzene rings is 7. The molecule has 0 amide bonds. The van der Waals surface area contributed by atoms with Crippen LogP contribution in [-0.4, -0.2) is 4.57 Å². The molecule has 0 aliphatic carbocycles. The van der Waals surface area contributed by atoms with Crippen molar-refractivity contribution in [3.63, 3.8) is 0 Å². The minimum atomic E-state index is -2.48. The van der Waals surface area contributed by atoms with Crippen LogP contribution in [0.5, 0.6) is 5.75 Å².